The van der Waals surface area contributed by atoms with Crippen molar-refractivity contribution in [1.82, 2.24) is 9.36 Å². The molecule has 2 aromatic rings. The molecular weight excluding hydrogens is 228 g/mol. The van der Waals surface area contributed by atoms with Gasteiger partial charge in [-0.3, -0.25) is 9.59 Å². The van der Waals surface area contributed by atoms with Crippen LogP contribution in [0.5, 0.6) is 0 Å². The van der Waals surface area contributed by atoms with Crippen LogP contribution in [-0.4, -0.2) is 9.36 Å². The Morgan fingerprint density at radius 2 is 1.17 bits per heavy atom. The summed E-state index contributed by atoms with van der Waals surface area (Å²) in [7, 11) is 0. The quantitative estimate of drug-likeness (QED) is 0.707. The molecule has 1 fully saturated rings. The van der Waals surface area contributed by atoms with Crippen LogP contribution in [0.1, 0.15) is 37.8 Å². The molecule has 1 aromatic carbocycles. The smallest absolute Gasteiger partial charge is 0.267 e. The van der Waals surface area contributed by atoms with Gasteiger partial charge in [-0.1, -0.05) is 12.1 Å². The minimum atomic E-state index is -0.000370. The summed E-state index contributed by atoms with van der Waals surface area (Å²) in [5.74, 6) is 0. The highest BCUT2D eigenvalue weighted by molar-refractivity contribution is 5.80. The van der Waals surface area contributed by atoms with Crippen LogP contribution in [-0.2, 0) is 0 Å². The molecule has 1 saturated carbocycles. The lowest BCUT2D eigenvalue weighted by molar-refractivity contribution is 0.131. The van der Waals surface area contributed by atoms with E-state index in [1.165, 1.54) is 0 Å². The maximum atomic E-state index is 12.5. The van der Waals surface area contributed by atoms with E-state index in [1.807, 2.05) is 12.1 Å². The molecule has 18 heavy (non-hydrogen) atoms. The summed E-state index contributed by atoms with van der Waals surface area (Å²) in [5, 5.41) is 1.12. The molecule has 4 nitrogen and oxygen atoms in total. The Hall–Kier alpha value is -1.84. The van der Waals surface area contributed by atoms with Gasteiger partial charge in [0.1, 0.15) is 0 Å². The zero-order chi connectivity index (χ0) is 12.3. The van der Waals surface area contributed by atoms with Crippen molar-refractivity contribution >= 4 is 10.8 Å². The van der Waals surface area contributed by atoms with Crippen molar-refractivity contribution in [3.8, 4) is 0 Å². The second kappa shape index (κ2) is 3.34. The average Bonchev–Trinajstić information content (AvgIpc) is 2.45. The van der Waals surface area contributed by atoms with Gasteiger partial charge >= 0.3 is 0 Å². The van der Waals surface area contributed by atoms with Gasteiger partial charge in [0.25, 0.3) is 11.1 Å². The standard InChI is InChI=1S/C14H14N2O2/c17-13-11-3-1-2-4-12(11)14(18)16-10-7-5-9(6-8-10)15(13)16/h1-4,9-10H,5-8H2. The van der Waals surface area contributed by atoms with Crippen molar-refractivity contribution in [3.63, 3.8) is 0 Å². The number of hydrogen-bond donors (Lipinski definition) is 0. The number of aromatic nitrogens is 2. The molecule has 1 aromatic heterocycles. The predicted molar refractivity (Wildman–Crippen MR) is 69.0 cm³/mol. The van der Waals surface area contributed by atoms with E-state index in [4.69, 9.17) is 0 Å². The normalized spacial score (nSPS) is 25.3. The number of rotatable bonds is 0. The van der Waals surface area contributed by atoms with Gasteiger partial charge in [-0.25, -0.2) is 9.36 Å². The zero-order valence-corrected chi connectivity index (χ0v) is 10.0. The fourth-order valence-electron chi connectivity index (χ4n) is 3.53. The zero-order valence-electron chi connectivity index (χ0n) is 10.0. The Bertz CT molecular complexity index is 684. The Labute approximate surface area is 103 Å². The van der Waals surface area contributed by atoms with E-state index in [2.05, 4.69) is 0 Å². The Kier molecular flexibility index (Phi) is 1.88. The molecule has 1 aliphatic carbocycles. The molecule has 5 rings (SSSR count). The molecule has 0 atom stereocenters. The Morgan fingerprint density at radius 1 is 0.778 bits per heavy atom. The van der Waals surface area contributed by atoms with Crippen LogP contribution in [0, 0.1) is 0 Å². The average molecular weight is 242 g/mol. The third-order valence-corrected chi connectivity index (χ3v) is 4.39. The third kappa shape index (κ3) is 1.10. The van der Waals surface area contributed by atoms with Crippen LogP contribution in [0.3, 0.4) is 0 Å². The lowest BCUT2D eigenvalue weighted by Gasteiger charge is -2.40. The number of benzene rings is 1. The van der Waals surface area contributed by atoms with Crippen LogP contribution >= 0.6 is 0 Å². The molecule has 92 valence electrons. The first-order valence-electron chi connectivity index (χ1n) is 6.53. The molecule has 2 aliphatic heterocycles. The first kappa shape index (κ1) is 10.1. The van der Waals surface area contributed by atoms with Crippen LogP contribution in [0.15, 0.2) is 33.9 Å². The van der Waals surface area contributed by atoms with Gasteiger partial charge in [-0.15, -0.1) is 0 Å². The van der Waals surface area contributed by atoms with Gasteiger partial charge < -0.3 is 0 Å². The monoisotopic (exact) mass is 242 g/mol. The van der Waals surface area contributed by atoms with Gasteiger partial charge in [-0.2, -0.15) is 0 Å². The number of nitrogens with zero attached hydrogens (tertiary/aromatic N) is 2. The van der Waals surface area contributed by atoms with Crippen LogP contribution in [0.4, 0.5) is 0 Å². The maximum absolute atomic E-state index is 12.5. The summed E-state index contributed by atoms with van der Waals surface area (Å²) in [5.41, 5.74) is -0.000741. The first-order valence-corrected chi connectivity index (χ1v) is 6.53. The van der Waals surface area contributed by atoms with Crippen molar-refractivity contribution in [1.29, 1.82) is 0 Å². The van der Waals surface area contributed by atoms with E-state index < -0.39 is 0 Å². The molecule has 0 radical (unpaired) electrons. The minimum Gasteiger partial charge on any atom is -0.267 e. The van der Waals surface area contributed by atoms with Crippen molar-refractivity contribution in [2.75, 3.05) is 0 Å². The summed E-state index contributed by atoms with van der Waals surface area (Å²) < 4.78 is 3.45. The second-order valence-electron chi connectivity index (χ2n) is 5.31. The van der Waals surface area contributed by atoms with E-state index in [9.17, 15) is 9.59 Å². The lowest BCUT2D eigenvalue weighted by Crippen LogP contribution is -2.48. The van der Waals surface area contributed by atoms with Gasteiger partial charge in [-0.05, 0) is 37.8 Å². The molecule has 3 heterocycles. The van der Waals surface area contributed by atoms with Gasteiger partial charge in [0.15, 0.2) is 0 Å². The highest BCUT2D eigenvalue weighted by Crippen LogP contribution is 2.38. The molecule has 0 unspecified atom stereocenters. The maximum Gasteiger partial charge on any atom is 0.273 e. The van der Waals surface area contributed by atoms with E-state index in [0.717, 1.165) is 25.7 Å². The lowest BCUT2D eigenvalue weighted by atomic mass is 9.88. The first-order chi connectivity index (χ1) is 8.77. The Morgan fingerprint density at radius 3 is 1.56 bits per heavy atom. The van der Waals surface area contributed by atoms with E-state index >= 15 is 0 Å². The summed E-state index contributed by atoms with van der Waals surface area (Å²) in [6, 6.07) is 7.60. The Balaban J connectivity index is 2.24. The highest BCUT2D eigenvalue weighted by Gasteiger charge is 2.34. The third-order valence-electron chi connectivity index (χ3n) is 4.39. The van der Waals surface area contributed by atoms with Crippen molar-refractivity contribution in [2.24, 2.45) is 0 Å². The molecule has 0 amide bonds. The SMILES string of the molecule is O=c1c2ccccc2c(=O)n2n1C1CCC2CC1. The van der Waals surface area contributed by atoms with Crippen molar-refractivity contribution < 1.29 is 0 Å². The van der Waals surface area contributed by atoms with Gasteiger partial charge in [0.2, 0.25) is 0 Å². The molecule has 2 bridgehead atoms. The summed E-state index contributed by atoms with van der Waals surface area (Å²) >= 11 is 0. The fraction of sp³-hybridized carbons (Fsp3) is 0.429. The highest BCUT2D eigenvalue weighted by atomic mass is 16.2. The summed E-state index contributed by atoms with van der Waals surface area (Å²) in [4.78, 5) is 25.0. The molecule has 4 heteroatoms. The van der Waals surface area contributed by atoms with Gasteiger partial charge in [0, 0.05) is 0 Å². The van der Waals surface area contributed by atoms with E-state index in [-0.39, 0.29) is 23.2 Å². The largest absolute Gasteiger partial charge is 0.273 e. The van der Waals surface area contributed by atoms with Crippen molar-refractivity contribution in [3.05, 3.63) is 45.0 Å². The number of fused-ring (bicyclic) bond motifs is 3. The molecule has 0 saturated heterocycles. The van der Waals surface area contributed by atoms with Gasteiger partial charge in [0.05, 0.1) is 22.9 Å². The molecule has 0 N–H and O–H groups in total. The van der Waals surface area contributed by atoms with Crippen LogP contribution in [0.2, 0.25) is 0 Å². The minimum absolute atomic E-state index is 0.000370. The predicted octanol–water partition coefficient (Wildman–Crippen LogP) is 1.83. The topological polar surface area (TPSA) is 44.0 Å². The molecular formula is C14H14N2O2. The summed E-state index contributed by atoms with van der Waals surface area (Å²) in [6.45, 7) is 0. The van der Waals surface area contributed by atoms with E-state index in [0.29, 0.717) is 10.8 Å². The fourth-order valence-corrected chi connectivity index (χ4v) is 3.53. The number of hydrogen-bond acceptors (Lipinski definition) is 2. The molecule has 0 spiro atoms. The second-order valence-corrected chi connectivity index (χ2v) is 5.31. The van der Waals surface area contributed by atoms with Crippen LogP contribution in [0.25, 0.3) is 10.8 Å². The van der Waals surface area contributed by atoms with Crippen molar-refractivity contribution in [2.45, 2.75) is 37.8 Å². The van der Waals surface area contributed by atoms with Crippen LogP contribution < -0.4 is 11.1 Å². The summed E-state index contributed by atoms with van der Waals surface area (Å²) in [6.07, 6.45) is 4.12. The van der Waals surface area contributed by atoms with E-state index in [1.54, 1.807) is 21.5 Å². The molecule has 3 aliphatic rings.